The van der Waals surface area contributed by atoms with Gasteiger partial charge in [0.15, 0.2) is 0 Å². The smallest absolute Gasteiger partial charge is 0.228 e. The summed E-state index contributed by atoms with van der Waals surface area (Å²) in [6.45, 7) is 4.10. The van der Waals surface area contributed by atoms with Crippen molar-refractivity contribution in [2.75, 3.05) is 31.6 Å². The van der Waals surface area contributed by atoms with Crippen LogP contribution in [0.1, 0.15) is 42.5 Å². The molecule has 0 aliphatic carbocycles. The summed E-state index contributed by atoms with van der Waals surface area (Å²) >= 11 is 6.36. The summed E-state index contributed by atoms with van der Waals surface area (Å²) in [4.78, 5) is 26.2. The van der Waals surface area contributed by atoms with Gasteiger partial charge in [0.2, 0.25) is 11.8 Å². The number of rotatable bonds is 8. The maximum atomic E-state index is 14.7. The Balaban J connectivity index is 1.34. The second-order valence-corrected chi connectivity index (χ2v) is 9.11. The van der Waals surface area contributed by atoms with Gasteiger partial charge >= 0.3 is 0 Å². The van der Waals surface area contributed by atoms with Gasteiger partial charge in [0, 0.05) is 42.3 Å². The molecule has 6 nitrogen and oxygen atoms in total. The third-order valence-electron chi connectivity index (χ3n) is 6.20. The molecule has 2 aliphatic heterocycles. The van der Waals surface area contributed by atoms with Crippen LogP contribution in [0.2, 0.25) is 5.02 Å². The Kier molecular flexibility index (Phi) is 7.63. The molecule has 0 saturated carbocycles. The molecule has 8 heteroatoms. The van der Waals surface area contributed by atoms with Crippen LogP contribution in [0, 0.1) is 5.82 Å². The summed E-state index contributed by atoms with van der Waals surface area (Å²) in [6, 6.07) is 10.2. The van der Waals surface area contributed by atoms with E-state index in [1.807, 2.05) is 25.1 Å². The lowest BCUT2D eigenvalue weighted by atomic mass is 10.0. The highest BCUT2D eigenvalue weighted by Gasteiger charge is 2.29. The van der Waals surface area contributed by atoms with Gasteiger partial charge in [0.05, 0.1) is 25.2 Å². The minimum absolute atomic E-state index is 0.0145. The zero-order valence-corrected chi connectivity index (χ0v) is 19.5. The van der Waals surface area contributed by atoms with Crippen molar-refractivity contribution >= 4 is 29.1 Å². The first-order valence-corrected chi connectivity index (χ1v) is 11.8. The van der Waals surface area contributed by atoms with Gasteiger partial charge in [0.25, 0.3) is 0 Å². The highest BCUT2D eigenvalue weighted by Crippen LogP contribution is 2.31. The average molecular weight is 474 g/mol. The number of nitrogens with zero attached hydrogens (tertiary/aromatic N) is 1. The predicted octanol–water partition coefficient (Wildman–Crippen LogP) is 3.87. The molecule has 2 atom stereocenters. The monoisotopic (exact) mass is 473 g/mol. The Hall–Kier alpha value is -2.48. The van der Waals surface area contributed by atoms with Gasteiger partial charge < -0.3 is 15.4 Å². The zero-order chi connectivity index (χ0) is 23.4. The Labute approximate surface area is 198 Å². The number of hydrogen-bond acceptors (Lipinski definition) is 4. The minimum atomic E-state index is -0.370. The fourth-order valence-corrected chi connectivity index (χ4v) is 4.85. The maximum absolute atomic E-state index is 14.7. The first kappa shape index (κ1) is 23.7. The second kappa shape index (κ2) is 10.6. The van der Waals surface area contributed by atoms with Crippen LogP contribution in [0.25, 0.3) is 0 Å². The molecular weight excluding hydrogens is 445 g/mol. The number of halogens is 2. The van der Waals surface area contributed by atoms with Gasteiger partial charge in [-0.05, 0) is 49.1 Å². The molecule has 1 saturated heterocycles. The molecule has 1 fully saturated rings. The van der Waals surface area contributed by atoms with Gasteiger partial charge in [-0.1, -0.05) is 29.8 Å². The Bertz CT molecular complexity index is 1010. The average Bonchev–Trinajstić information content (AvgIpc) is 3.15. The number of benzene rings is 2. The van der Waals surface area contributed by atoms with Crippen LogP contribution >= 0.6 is 11.6 Å². The van der Waals surface area contributed by atoms with Crippen LogP contribution in [-0.2, 0) is 27.2 Å². The molecule has 2 aromatic carbocycles. The normalized spacial score (nSPS) is 19.1. The van der Waals surface area contributed by atoms with Gasteiger partial charge in [-0.25, -0.2) is 4.39 Å². The van der Waals surface area contributed by atoms with Crippen molar-refractivity contribution in [2.24, 2.45) is 0 Å². The summed E-state index contributed by atoms with van der Waals surface area (Å²) < 4.78 is 20.3. The lowest BCUT2D eigenvalue weighted by Crippen LogP contribution is -2.46. The van der Waals surface area contributed by atoms with Crippen molar-refractivity contribution in [2.45, 2.75) is 44.8 Å². The Morgan fingerprint density at radius 3 is 3.00 bits per heavy atom. The molecule has 2 aromatic rings. The minimum Gasteiger partial charge on any atom is -0.376 e. The highest BCUT2D eigenvalue weighted by atomic mass is 35.5. The topological polar surface area (TPSA) is 70.7 Å². The quantitative estimate of drug-likeness (QED) is 0.610. The van der Waals surface area contributed by atoms with E-state index >= 15 is 0 Å². The summed E-state index contributed by atoms with van der Waals surface area (Å²) in [7, 11) is 0. The largest absolute Gasteiger partial charge is 0.376 e. The third kappa shape index (κ3) is 5.91. The number of fused-ring (bicyclic) bond motifs is 1. The maximum Gasteiger partial charge on any atom is 0.228 e. The lowest BCUT2D eigenvalue weighted by molar-refractivity contribution is -0.121. The summed E-state index contributed by atoms with van der Waals surface area (Å²) in [5.41, 5.74) is 3.40. The van der Waals surface area contributed by atoms with Crippen LogP contribution in [0.3, 0.4) is 0 Å². The van der Waals surface area contributed by atoms with Crippen molar-refractivity contribution in [3.05, 3.63) is 63.9 Å². The van der Waals surface area contributed by atoms with Crippen molar-refractivity contribution in [1.29, 1.82) is 0 Å². The van der Waals surface area contributed by atoms with Gasteiger partial charge in [0.1, 0.15) is 5.82 Å². The molecule has 2 aliphatic rings. The standard InChI is InChI=1S/C25H29ClFN3O3/c1-16-15-30(10-11-33-16)22(25-19(26)5-3-6-20(25)27)14-28-23(31)7-2-4-17-8-9-21-18(12-17)13-24(32)29-21/h3,5-6,8-9,12,16,22H,2,4,7,10-11,13-15H2,1H3,(H,28,31)(H,29,32). The Morgan fingerprint density at radius 1 is 1.36 bits per heavy atom. The van der Waals surface area contributed by atoms with Crippen LogP contribution < -0.4 is 10.6 Å². The molecule has 0 spiro atoms. The molecule has 33 heavy (non-hydrogen) atoms. The number of morpholine rings is 1. The second-order valence-electron chi connectivity index (χ2n) is 8.70. The molecule has 2 heterocycles. The lowest BCUT2D eigenvalue weighted by Gasteiger charge is -2.38. The summed E-state index contributed by atoms with van der Waals surface area (Å²) in [5.74, 6) is -0.432. The molecule has 0 radical (unpaired) electrons. The number of carbonyl (C=O) groups is 2. The first-order valence-electron chi connectivity index (χ1n) is 11.4. The van der Waals surface area contributed by atoms with Crippen molar-refractivity contribution in [3.63, 3.8) is 0 Å². The zero-order valence-electron chi connectivity index (χ0n) is 18.7. The molecule has 4 rings (SSSR count). The van der Waals surface area contributed by atoms with Crippen LogP contribution in [0.4, 0.5) is 10.1 Å². The molecule has 176 valence electrons. The number of nitrogens with one attached hydrogen (secondary N) is 2. The van der Waals surface area contributed by atoms with Gasteiger partial charge in [-0.15, -0.1) is 0 Å². The van der Waals surface area contributed by atoms with E-state index in [1.165, 1.54) is 6.07 Å². The van der Waals surface area contributed by atoms with Crippen molar-refractivity contribution in [3.8, 4) is 0 Å². The third-order valence-corrected chi connectivity index (χ3v) is 6.53. The molecule has 2 amide bonds. The number of hydrogen-bond donors (Lipinski definition) is 2. The molecule has 2 unspecified atom stereocenters. The van der Waals surface area contributed by atoms with Crippen LogP contribution in [0.5, 0.6) is 0 Å². The molecular formula is C25H29ClFN3O3. The van der Waals surface area contributed by atoms with Gasteiger partial charge in [-0.3, -0.25) is 14.5 Å². The molecule has 2 N–H and O–H groups in total. The van der Waals surface area contributed by atoms with E-state index < -0.39 is 0 Å². The fraction of sp³-hybridized carbons (Fsp3) is 0.440. The molecule has 0 bridgehead atoms. The van der Waals surface area contributed by atoms with Crippen LogP contribution in [-0.4, -0.2) is 49.1 Å². The van der Waals surface area contributed by atoms with E-state index in [-0.39, 0.29) is 36.3 Å². The van der Waals surface area contributed by atoms with E-state index in [0.29, 0.717) is 49.5 Å². The predicted molar refractivity (Wildman–Crippen MR) is 126 cm³/mol. The van der Waals surface area contributed by atoms with E-state index in [1.54, 1.807) is 12.1 Å². The highest BCUT2D eigenvalue weighted by molar-refractivity contribution is 6.31. The number of aryl methyl sites for hydroxylation is 1. The van der Waals surface area contributed by atoms with Crippen molar-refractivity contribution in [1.82, 2.24) is 10.2 Å². The van der Waals surface area contributed by atoms with E-state index in [9.17, 15) is 14.0 Å². The summed E-state index contributed by atoms with van der Waals surface area (Å²) in [5, 5.41) is 6.17. The first-order chi connectivity index (χ1) is 15.9. The van der Waals surface area contributed by atoms with E-state index in [2.05, 4.69) is 15.5 Å². The number of carbonyl (C=O) groups excluding carboxylic acids is 2. The summed E-state index contributed by atoms with van der Waals surface area (Å²) in [6.07, 6.45) is 2.24. The SMILES string of the molecule is CC1CN(C(CNC(=O)CCCc2ccc3c(c2)CC(=O)N3)c2c(F)cccc2Cl)CCO1. The number of amides is 2. The Morgan fingerprint density at radius 2 is 2.21 bits per heavy atom. The van der Waals surface area contributed by atoms with Crippen LogP contribution in [0.15, 0.2) is 36.4 Å². The number of ether oxygens (including phenoxy) is 1. The number of anilines is 1. The van der Waals surface area contributed by atoms with Gasteiger partial charge in [-0.2, -0.15) is 0 Å². The van der Waals surface area contributed by atoms with Crippen molar-refractivity contribution < 1.29 is 18.7 Å². The van der Waals surface area contributed by atoms with E-state index in [0.717, 1.165) is 23.2 Å². The fourth-order valence-electron chi connectivity index (χ4n) is 4.56. The molecule has 0 aromatic heterocycles. The van der Waals surface area contributed by atoms with E-state index in [4.69, 9.17) is 16.3 Å².